The Balaban J connectivity index is 1.99. The molecule has 20 heavy (non-hydrogen) atoms. The molecule has 2 rings (SSSR count). The molecule has 0 saturated heterocycles. The van der Waals surface area contributed by atoms with Crippen molar-refractivity contribution in [3.63, 3.8) is 0 Å². The first-order valence-electron chi connectivity index (χ1n) is 7.49. The van der Waals surface area contributed by atoms with Crippen LogP contribution in [-0.4, -0.2) is 24.5 Å². The number of likely N-dealkylation sites (N-methyl/N-ethyl adjacent to an activating group) is 1. The predicted octanol–water partition coefficient (Wildman–Crippen LogP) is 3.62. The van der Waals surface area contributed by atoms with E-state index in [1.165, 1.54) is 44.6 Å². The molecule has 2 nitrogen and oxygen atoms in total. The lowest BCUT2D eigenvalue weighted by Gasteiger charge is -2.29. The first-order valence-corrected chi connectivity index (χ1v) is 7.49. The first-order chi connectivity index (χ1) is 9.59. The summed E-state index contributed by atoms with van der Waals surface area (Å²) in [6, 6.07) is 4.24. The number of nitrogens with zero attached hydrogens (tertiary/aromatic N) is 1. The Bertz CT molecular complexity index is 428. The number of benzene rings is 1. The average molecular weight is 282 g/mol. The van der Waals surface area contributed by atoms with Crippen molar-refractivity contribution in [3.05, 3.63) is 35.4 Å². The smallest absolute Gasteiger partial charge is 0.163 e. The summed E-state index contributed by atoms with van der Waals surface area (Å²) >= 11 is 0. The number of rotatable bonds is 4. The number of nitrogens with two attached hydrogens (primary N) is 1. The molecule has 1 aliphatic rings. The highest BCUT2D eigenvalue weighted by Gasteiger charge is 2.21. The Hall–Kier alpha value is -1.00. The lowest BCUT2D eigenvalue weighted by atomic mass is 10.0. The normalized spacial score (nSPS) is 19.1. The summed E-state index contributed by atoms with van der Waals surface area (Å²) in [7, 11) is 2.03. The van der Waals surface area contributed by atoms with Gasteiger partial charge in [-0.25, -0.2) is 8.78 Å². The van der Waals surface area contributed by atoms with Gasteiger partial charge >= 0.3 is 0 Å². The molecule has 0 bridgehead atoms. The van der Waals surface area contributed by atoms with Crippen LogP contribution in [0.2, 0.25) is 0 Å². The van der Waals surface area contributed by atoms with Crippen LogP contribution in [0.15, 0.2) is 18.2 Å². The zero-order valence-electron chi connectivity index (χ0n) is 12.1. The summed E-state index contributed by atoms with van der Waals surface area (Å²) in [6.45, 7) is 0.561. The molecule has 1 fully saturated rings. The van der Waals surface area contributed by atoms with Crippen molar-refractivity contribution in [2.24, 2.45) is 5.73 Å². The first kappa shape index (κ1) is 15.4. The molecule has 0 aliphatic heterocycles. The lowest BCUT2D eigenvalue weighted by Crippen LogP contribution is -2.37. The molecule has 112 valence electrons. The van der Waals surface area contributed by atoms with Crippen LogP contribution in [0.3, 0.4) is 0 Å². The van der Waals surface area contributed by atoms with E-state index < -0.39 is 17.7 Å². The van der Waals surface area contributed by atoms with Crippen molar-refractivity contribution in [2.45, 2.75) is 50.6 Å². The Morgan fingerprint density at radius 3 is 2.50 bits per heavy atom. The Kier molecular flexibility index (Phi) is 5.49. The van der Waals surface area contributed by atoms with Gasteiger partial charge in [0.05, 0.1) is 0 Å². The molecule has 0 radical (unpaired) electrons. The van der Waals surface area contributed by atoms with Gasteiger partial charge in [-0.2, -0.15) is 0 Å². The van der Waals surface area contributed by atoms with Gasteiger partial charge in [-0.05, 0) is 26.0 Å². The molecule has 0 spiro atoms. The van der Waals surface area contributed by atoms with E-state index >= 15 is 0 Å². The molecule has 1 saturated carbocycles. The number of hydrogen-bond donors (Lipinski definition) is 1. The molecule has 1 aromatic carbocycles. The van der Waals surface area contributed by atoms with Crippen LogP contribution in [0.1, 0.15) is 50.1 Å². The van der Waals surface area contributed by atoms with Crippen molar-refractivity contribution in [3.8, 4) is 0 Å². The molecule has 1 aliphatic carbocycles. The molecule has 1 aromatic rings. The summed E-state index contributed by atoms with van der Waals surface area (Å²) in [5.41, 5.74) is 6.33. The minimum absolute atomic E-state index is 0.269. The van der Waals surface area contributed by atoms with E-state index in [0.717, 1.165) is 6.07 Å². The van der Waals surface area contributed by atoms with E-state index in [0.29, 0.717) is 12.6 Å². The van der Waals surface area contributed by atoms with Gasteiger partial charge in [0, 0.05) is 24.2 Å². The zero-order chi connectivity index (χ0) is 14.5. The minimum atomic E-state index is -0.824. The zero-order valence-corrected chi connectivity index (χ0v) is 12.1. The molecule has 0 aromatic heterocycles. The Morgan fingerprint density at radius 1 is 1.20 bits per heavy atom. The maximum absolute atomic E-state index is 13.7. The maximum atomic E-state index is 13.7. The van der Waals surface area contributed by atoms with E-state index in [9.17, 15) is 8.78 Å². The second-order valence-corrected chi connectivity index (χ2v) is 5.83. The van der Waals surface area contributed by atoms with Crippen LogP contribution in [-0.2, 0) is 0 Å². The SMILES string of the molecule is CN(CC(N)c1cccc(F)c1F)C1CCCCCC1. The van der Waals surface area contributed by atoms with Gasteiger partial charge in [0.15, 0.2) is 11.6 Å². The average Bonchev–Trinajstić information content (AvgIpc) is 2.70. The van der Waals surface area contributed by atoms with Crippen LogP contribution >= 0.6 is 0 Å². The van der Waals surface area contributed by atoms with Crippen molar-refractivity contribution in [2.75, 3.05) is 13.6 Å². The predicted molar refractivity (Wildman–Crippen MR) is 77.4 cm³/mol. The maximum Gasteiger partial charge on any atom is 0.163 e. The summed E-state index contributed by atoms with van der Waals surface area (Å²) in [5, 5.41) is 0. The second kappa shape index (κ2) is 7.14. The van der Waals surface area contributed by atoms with Gasteiger partial charge in [0.1, 0.15) is 0 Å². The molecule has 0 amide bonds. The molecule has 1 unspecified atom stereocenters. The Labute approximate surface area is 120 Å². The summed E-state index contributed by atoms with van der Waals surface area (Å²) in [5.74, 6) is -1.63. The fraction of sp³-hybridized carbons (Fsp3) is 0.625. The molecule has 4 heteroatoms. The van der Waals surface area contributed by atoms with E-state index in [2.05, 4.69) is 4.90 Å². The van der Waals surface area contributed by atoms with Crippen LogP contribution < -0.4 is 5.73 Å². The van der Waals surface area contributed by atoms with Crippen molar-refractivity contribution in [1.29, 1.82) is 0 Å². The van der Waals surface area contributed by atoms with Gasteiger partial charge in [-0.3, -0.25) is 0 Å². The highest BCUT2D eigenvalue weighted by Crippen LogP contribution is 2.24. The highest BCUT2D eigenvalue weighted by atomic mass is 19.2. The standard InChI is InChI=1S/C16H24F2N2/c1-20(12-7-4-2-3-5-8-12)11-15(19)13-9-6-10-14(17)16(13)18/h6,9-10,12,15H,2-5,7-8,11,19H2,1H3. The van der Waals surface area contributed by atoms with Gasteiger partial charge in [-0.1, -0.05) is 37.8 Å². The highest BCUT2D eigenvalue weighted by molar-refractivity contribution is 5.22. The van der Waals surface area contributed by atoms with E-state index in [4.69, 9.17) is 5.73 Å². The monoisotopic (exact) mass is 282 g/mol. The van der Waals surface area contributed by atoms with E-state index in [-0.39, 0.29) is 5.56 Å². The minimum Gasteiger partial charge on any atom is -0.323 e. The third-order valence-electron chi connectivity index (χ3n) is 4.31. The summed E-state index contributed by atoms with van der Waals surface area (Å²) < 4.78 is 27.0. The van der Waals surface area contributed by atoms with Crippen molar-refractivity contribution >= 4 is 0 Å². The quantitative estimate of drug-likeness (QED) is 0.855. The molecular formula is C16H24F2N2. The van der Waals surface area contributed by atoms with Gasteiger partial charge in [-0.15, -0.1) is 0 Å². The number of halogens is 2. The van der Waals surface area contributed by atoms with Gasteiger partial charge in [0.2, 0.25) is 0 Å². The van der Waals surface area contributed by atoms with Crippen LogP contribution in [0, 0.1) is 11.6 Å². The van der Waals surface area contributed by atoms with E-state index in [1.54, 1.807) is 6.07 Å². The molecule has 0 heterocycles. The molecule has 2 N–H and O–H groups in total. The second-order valence-electron chi connectivity index (χ2n) is 5.83. The summed E-state index contributed by atoms with van der Waals surface area (Å²) in [4.78, 5) is 2.21. The largest absolute Gasteiger partial charge is 0.323 e. The summed E-state index contributed by atoms with van der Waals surface area (Å²) in [6.07, 6.45) is 7.45. The molecule has 1 atom stereocenters. The number of hydrogen-bond acceptors (Lipinski definition) is 2. The van der Waals surface area contributed by atoms with Gasteiger partial charge < -0.3 is 10.6 Å². The fourth-order valence-electron chi connectivity index (χ4n) is 3.06. The topological polar surface area (TPSA) is 29.3 Å². The van der Waals surface area contributed by atoms with Crippen LogP contribution in [0.4, 0.5) is 8.78 Å². The third-order valence-corrected chi connectivity index (χ3v) is 4.31. The molecular weight excluding hydrogens is 258 g/mol. The van der Waals surface area contributed by atoms with Crippen molar-refractivity contribution in [1.82, 2.24) is 4.90 Å². The van der Waals surface area contributed by atoms with Crippen LogP contribution in [0.25, 0.3) is 0 Å². The van der Waals surface area contributed by atoms with Crippen molar-refractivity contribution < 1.29 is 8.78 Å². The lowest BCUT2D eigenvalue weighted by molar-refractivity contribution is 0.208. The van der Waals surface area contributed by atoms with Gasteiger partial charge in [0.25, 0.3) is 0 Å². The van der Waals surface area contributed by atoms with Crippen LogP contribution in [0.5, 0.6) is 0 Å². The Morgan fingerprint density at radius 2 is 1.85 bits per heavy atom. The fourth-order valence-corrected chi connectivity index (χ4v) is 3.06. The van der Waals surface area contributed by atoms with E-state index in [1.807, 2.05) is 7.05 Å². The third kappa shape index (κ3) is 3.76.